The molecule has 8 nitrogen and oxygen atoms in total. The molecule has 2 amide bonds. The molecule has 2 N–H and O–H groups in total. The maximum absolute atomic E-state index is 13.1. The van der Waals surface area contributed by atoms with Gasteiger partial charge < -0.3 is 15.4 Å². The number of nitrogens with one attached hydrogen (secondary N) is 2. The third-order valence-electron chi connectivity index (χ3n) is 4.74. The molecule has 0 aliphatic carbocycles. The second-order valence-corrected chi connectivity index (χ2v) is 9.40. The Morgan fingerprint density at radius 3 is 2.24 bits per heavy atom. The van der Waals surface area contributed by atoms with Crippen molar-refractivity contribution in [3.63, 3.8) is 0 Å². The second kappa shape index (κ2) is 9.93. The highest BCUT2D eigenvalue weighted by atomic mass is 35.5. The van der Waals surface area contributed by atoms with Crippen molar-refractivity contribution in [1.82, 2.24) is 0 Å². The maximum atomic E-state index is 13.1. The number of benzene rings is 3. The fourth-order valence-corrected chi connectivity index (χ4v) is 4.45. The van der Waals surface area contributed by atoms with E-state index in [0.717, 1.165) is 4.31 Å². The number of sulfonamides is 1. The molecule has 3 aromatic rings. The van der Waals surface area contributed by atoms with Gasteiger partial charge in [0.2, 0.25) is 5.91 Å². The van der Waals surface area contributed by atoms with E-state index in [4.69, 9.17) is 16.3 Å². The number of methoxy groups -OCH3 is 1. The molecule has 0 saturated heterocycles. The first kappa shape index (κ1) is 24.1. The van der Waals surface area contributed by atoms with Gasteiger partial charge in [0.25, 0.3) is 15.9 Å². The molecule has 0 aromatic heterocycles. The lowest BCUT2D eigenvalue weighted by Gasteiger charge is -2.21. The SMILES string of the molecule is COc1ccccc1N(C)S(=O)(=O)c1ccc(C(=O)Nc2cc(Cl)ccc2NC(C)=O)cc1. The molecule has 10 heteroatoms. The summed E-state index contributed by atoms with van der Waals surface area (Å²) in [6, 6.07) is 16.9. The smallest absolute Gasteiger partial charge is 0.264 e. The summed E-state index contributed by atoms with van der Waals surface area (Å²) in [6.07, 6.45) is 0. The molecule has 0 radical (unpaired) electrons. The highest BCUT2D eigenvalue weighted by molar-refractivity contribution is 7.92. The van der Waals surface area contributed by atoms with E-state index in [1.165, 1.54) is 51.4 Å². The van der Waals surface area contributed by atoms with Crippen molar-refractivity contribution in [2.75, 3.05) is 29.1 Å². The van der Waals surface area contributed by atoms with Crippen LogP contribution in [0.2, 0.25) is 5.02 Å². The summed E-state index contributed by atoms with van der Waals surface area (Å²) in [6.45, 7) is 1.35. The van der Waals surface area contributed by atoms with Gasteiger partial charge in [-0.25, -0.2) is 8.42 Å². The largest absolute Gasteiger partial charge is 0.495 e. The van der Waals surface area contributed by atoms with Gasteiger partial charge in [-0.2, -0.15) is 0 Å². The van der Waals surface area contributed by atoms with E-state index in [0.29, 0.717) is 27.8 Å². The van der Waals surface area contributed by atoms with Gasteiger partial charge in [0.15, 0.2) is 0 Å². The summed E-state index contributed by atoms with van der Waals surface area (Å²) in [5.41, 5.74) is 1.31. The average molecular weight is 488 g/mol. The van der Waals surface area contributed by atoms with Crippen molar-refractivity contribution in [1.29, 1.82) is 0 Å². The van der Waals surface area contributed by atoms with Crippen molar-refractivity contribution < 1.29 is 22.7 Å². The van der Waals surface area contributed by atoms with Crippen LogP contribution in [0.1, 0.15) is 17.3 Å². The number of carbonyl (C=O) groups is 2. The number of hydrogen-bond donors (Lipinski definition) is 2. The van der Waals surface area contributed by atoms with Crippen molar-refractivity contribution in [3.8, 4) is 5.75 Å². The predicted octanol–water partition coefficient (Wildman–Crippen LogP) is 4.38. The molecular weight excluding hydrogens is 466 g/mol. The van der Waals surface area contributed by atoms with Crippen LogP contribution in [0.15, 0.2) is 71.6 Å². The standard InChI is InChI=1S/C23H22ClN3O5S/c1-15(28)25-19-13-10-17(24)14-20(19)26-23(29)16-8-11-18(12-9-16)33(30,31)27(2)21-6-4-5-7-22(21)32-3/h4-14H,1-3H3,(H,25,28)(H,26,29). The Morgan fingerprint density at radius 1 is 0.939 bits per heavy atom. The summed E-state index contributed by atoms with van der Waals surface area (Å²) in [5, 5.41) is 5.67. The van der Waals surface area contributed by atoms with Crippen LogP contribution in [0, 0.1) is 0 Å². The van der Waals surface area contributed by atoms with Gasteiger partial charge in [-0.05, 0) is 54.6 Å². The highest BCUT2D eigenvalue weighted by Crippen LogP contribution is 2.31. The zero-order valence-corrected chi connectivity index (χ0v) is 19.7. The Bertz CT molecular complexity index is 1290. The van der Waals surface area contributed by atoms with Gasteiger partial charge in [0.05, 0.1) is 29.1 Å². The number of para-hydroxylation sites is 2. The van der Waals surface area contributed by atoms with E-state index >= 15 is 0 Å². The molecule has 0 aliphatic heterocycles. The number of ether oxygens (including phenoxy) is 1. The van der Waals surface area contributed by atoms with Crippen LogP contribution < -0.4 is 19.7 Å². The molecule has 33 heavy (non-hydrogen) atoms. The van der Waals surface area contributed by atoms with E-state index < -0.39 is 15.9 Å². The maximum Gasteiger partial charge on any atom is 0.264 e. The molecule has 0 atom stereocenters. The minimum atomic E-state index is -3.90. The molecule has 0 spiro atoms. The minimum absolute atomic E-state index is 0.00847. The minimum Gasteiger partial charge on any atom is -0.495 e. The third kappa shape index (κ3) is 5.44. The molecule has 0 aliphatic rings. The first-order valence-electron chi connectivity index (χ1n) is 9.74. The van der Waals surface area contributed by atoms with Crippen LogP contribution in [-0.4, -0.2) is 34.4 Å². The first-order chi connectivity index (χ1) is 15.6. The fourth-order valence-electron chi connectivity index (χ4n) is 3.07. The van der Waals surface area contributed by atoms with Crippen LogP contribution in [-0.2, 0) is 14.8 Å². The van der Waals surface area contributed by atoms with Crippen LogP contribution in [0.25, 0.3) is 0 Å². The predicted molar refractivity (Wildman–Crippen MR) is 129 cm³/mol. The van der Waals surface area contributed by atoms with Crippen LogP contribution in [0.5, 0.6) is 5.75 Å². The number of amides is 2. The third-order valence-corrected chi connectivity index (χ3v) is 6.76. The van der Waals surface area contributed by atoms with Gasteiger partial charge in [-0.3, -0.25) is 13.9 Å². The number of hydrogen-bond acceptors (Lipinski definition) is 5. The van der Waals surface area contributed by atoms with E-state index in [9.17, 15) is 18.0 Å². The Hall–Kier alpha value is -3.56. The van der Waals surface area contributed by atoms with Gasteiger partial charge >= 0.3 is 0 Å². The molecule has 0 fully saturated rings. The van der Waals surface area contributed by atoms with E-state index in [-0.39, 0.29) is 16.4 Å². The summed E-state index contributed by atoms with van der Waals surface area (Å²) >= 11 is 6.01. The van der Waals surface area contributed by atoms with Crippen molar-refractivity contribution in [2.24, 2.45) is 0 Å². The van der Waals surface area contributed by atoms with Crippen LogP contribution in [0.3, 0.4) is 0 Å². The lowest BCUT2D eigenvalue weighted by Crippen LogP contribution is -2.27. The molecule has 0 heterocycles. The number of anilines is 3. The van der Waals surface area contributed by atoms with E-state index in [2.05, 4.69) is 10.6 Å². The monoisotopic (exact) mass is 487 g/mol. The fraction of sp³-hybridized carbons (Fsp3) is 0.130. The normalized spacial score (nSPS) is 10.9. The van der Waals surface area contributed by atoms with Gasteiger partial charge in [-0.1, -0.05) is 23.7 Å². The highest BCUT2D eigenvalue weighted by Gasteiger charge is 2.24. The van der Waals surface area contributed by atoms with Crippen molar-refractivity contribution >= 4 is 50.5 Å². The van der Waals surface area contributed by atoms with Crippen molar-refractivity contribution in [3.05, 3.63) is 77.3 Å². The number of halogens is 1. The molecular formula is C23H22ClN3O5S. The van der Waals surface area contributed by atoms with Gasteiger partial charge in [-0.15, -0.1) is 0 Å². The lowest BCUT2D eigenvalue weighted by atomic mass is 10.2. The summed E-state index contributed by atoms with van der Waals surface area (Å²) in [7, 11) is -1.01. The zero-order chi connectivity index (χ0) is 24.2. The van der Waals surface area contributed by atoms with Crippen molar-refractivity contribution in [2.45, 2.75) is 11.8 Å². The lowest BCUT2D eigenvalue weighted by molar-refractivity contribution is -0.114. The molecule has 0 saturated carbocycles. The Balaban J connectivity index is 1.83. The Labute approximate surface area is 197 Å². The Kier molecular flexibility index (Phi) is 7.25. The van der Waals surface area contributed by atoms with E-state index in [1.807, 2.05) is 0 Å². The van der Waals surface area contributed by atoms with E-state index in [1.54, 1.807) is 36.4 Å². The Morgan fingerprint density at radius 2 is 1.61 bits per heavy atom. The van der Waals surface area contributed by atoms with Crippen LogP contribution >= 0.6 is 11.6 Å². The molecule has 3 rings (SSSR count). The summed E-state index contributed by atoms with van der Waals surface area (Å²) in [5.74, 6) is -0.386. The van der Waals surface area contributed by atoms with Gasteiger partial charge in [0, 0.05) is 24.6 Å². The topological polar surface area (TPSA) is 105 Å². The number of rotatable bonds is 7. The molecule has 0 bridgehead atoms. The van der Waals surface area contributed by atoms with Gasteiger partial charge in [0.1, 0.15) is 5.75 Å². The molecule has 3 aromatic carbocycles. The number of carbonyl (C=O) groups excluding carboxylic acids is 2. The second-order valence-electron chi connectivity index (χ2n) is 6.99. The number of nitrogens with zero attached hydrogens (tertiary/aromatic N) is 1. The quantitative estimate of drug-likeness (QED) is 0.514. The summed E-state index contributed by atoms with van der Waals surface area (Å²) < 4.78 is 32.5. The first-order valence-corrected chi connectivity index (χ1v) is 11.6. The zero-order valence-electron chi connectivity index (χ0n) is 18.1. The molecule has 0 unspecified atom stereocenters. The van der Waals surface area contributed by atoms with Crippen LogP contribution in [0.4, 0.5) is 17.1 Å². The average Bonchev–Trinajstić information content (AvgIpc) is 2.80. The summed E-state index contributed by atoms with van der Waals surface area (Å²) in [4.78, 5) is 24.1. The molecule has 172 valence electrons.